The topological polar surface area (TPSA) is 101 Å². The molecule has 4 rings (SSSR count). The largest absolute Gasteiger partial charge is 0.477 e. The minimum absolute atomic E-state index is 0.166. The van der Waals surface area contributed by atoms with E-state index in [0.717, 1.165) is 11.1 Å². The highest BCUT2D eigenvalue weighted by Gasteiger charge is 2.22. The molecule has 0 bridgehead atoms. The molecular weight excluding hydrogens is 441 g/mol. The molecule has 0 aliphatic carbocycles. The Hall–Kier alpha value is -3.42. The highest BCUT2D eigenvalue weighted by molar-refractivity contribution is 6.54. The molecule has 2 aromatic carbocycles. The van der Waals surface area contributed by atoms with E-state index in [9.17, 15) is 14.4 Å². The zero-order valence-electron chi connectivity index (χ0n) is 15.9. The SMILES string of the molecule is O=C(O)/C(Cl)=C(/Cl)C(=O)Nc1ccc2c(=O)n3c(nc2c1)C(=Cc1ccccc1)CC3. The fraction of sp³-hybridized carbons (Fsp3) is 0.0909. The average molecular weight is 456 g/mol. The van der Waals surface area contributed by atoms with Crippen LogP contribution in [0.5, 0.6) is 0 Å². The number of fused-ring (bicyclic) bond motifs is 2. The van der Waals surface area contributed by atoms with Crippen molar-refractivity contribution < 1.29 is 14.7 Å². The number of hydrogen-bond acceptors (Lipinski definition) is 4. The number of hydrogen-bond donors (Lipinski definition) is 2. The Balaban J connectivity index is 1.73. The Morgan fingerprint density at radius 1 is 1.10 bits per heavy atom. The van der Waals surface area contributed by atoms with Gasteiger partial charge in [0.25, 0.3) is 11.5 Å². The molecule has 0 spiro atoms. The lowest BCUT2D eigenvalue weighted by Gasteiger charge is -2.09. The molecule has 1 amide bonds. The average Bonchev–Trinajstić information content (AvgIpc) is 3.16. The predicted molar refractivity (Wildman–Crippen MR) is 120 cm³/mol. The Morgan fingerprint density at radius 3 is 2.55 bits per heavy atom. The second-order valence-corrected chi connectivity index (χ2v) is 7.60. The standard InChI is InChI=1S/C22H15Cl2N3O4/c23-17(18(24)22(30)31)20(28)25-14-6-7-15-16(11-14)26-19-13(8-9-27(19)21(15)29)10-12-4-2-1-3-5-12/h1-7,10-11H,8-9H2,(H,25,28)(H,30,31)/b13-10?,18-17-. The van der Waals surface area contributed by atoms with Crippen molar-refractivity contribution in [3.05, 3.63) is 80.3 Å². The Kier molecular flexibility index (Phi) is 5.63. The van der Waals surface area contributed by atoms with Crippen molar-refractivity contribution in [2.75, 3.05) is 5.32 Å². The van der Waals surface area contributed by atoms with Gasteiger partial charge >= 0.3 is 5.97 Å². The number of halogens is 2. The lowest BCUT2D eigenvalue weighted by atomic mass is 10.1. The van der Waals surface area contributed by atoms with Crippen molar-refractivity contribution in [3.8, 4) is 0 Å². The number of allylic oxidation sites excluding steroid dienone is 1. The molecule has 1 aliphatic rings. The molecule has 3 aromatic rings. The summed E-state index contributed by atoms with van der Waals surface area (Å²) in [6.07, 6.45) is 2.69. The summed E-state index contributed by atoms with van der Waals surface area (Å²) in [5.41, 5.74) is 2.49. The van der Waals surface area contributed by atoms with Gasteiger partial charge in [0.2, 0.25) is 0 Å². The van der Waals surface area contributed by atoms with Crippen LogP contribution >= 0.6 is 23.2 Å². The molecule has 1 aromatic heterocycles. The first-order chi connectivity index (χ1) is 14.8. The summed E-state index contributed by atoms with van der Waals surface area (Å²) in [6.45, 7) is 0.544. The number of anilines is 1. The zero-order valence-corrected chi connectivity index (χ0v) is 17.4. The van der Waals surface area contributed by atoms with Crippen molar-refractivity contribution in [1.29, 1.82) is 0 Å². The zero-order chi connectivity index (χ0) is 22.1. The van der Waals surface area contributed by atoms with Crippen molar-refractivity contribution in [2.24, 2.45) is 0 Å². The Morgan fingerprint density at radius 2 is 1.84 bits per heavy atom. The summed E-state index contributed by atoms with van der Waals surface area (Å²) >= 11 is 11.2. The number of carbonyl (C=O) groups is 2. The number of benzene rings is 2. The van der Waals surface area contributed by atoms with Gasteiger partial charge in [0.15, 0.2) is 0 Å². The molecule has 0 unspecified atom stereocenters. The van der Waals surface area contributed by atoms with Crippen LogP contribution in [0, 0.1) is 0 Å². The smallest absolute Gasteiger partial charge is 0.349 e. The molecule has 0 saturated carbocycles. The van der Waals surface area contributed by atoms with E-state index < -0.39 is 21.9 Å². The summed E-state index contributed by atoms with van der Waals surface area (Å²) in [5, 5.41) is 10.3. The number of amides is 1. The van der Waals surface area contributed by atoms with Crippen molar-refractivity contribution in [2.45, 2.75) is 13.0 Å². The molecule has 31 heavy (non-hydrogen) atoms. The summed E-state index contributed by atoms with van der Waals surface area (Å²) in [4.78, 5) is 40.6. The lowest BCUT2D eigenvalue weighted by Crippen LogP contribution is -2.21. The van der Waals surface area contributed by atoms with Gasteiger partial charge in [0.05, 0.1) is 10.9 Å². The van der Waals surface area contributed by atoms with Gasteiger partial charge in [-0.25, -0.2) is 9.78 Å². The van der Waals surface area contributed by atoms with Crippen LogP contribution in [0.4, 0.5) is 5.69 Å². The van der Waals surface area contributed by atoms with Gasteiger partial charge in [0.1, 0.15) is 15.9 Å². The van der Waals surface area contributed by atoms with Crippen molar-refractivity contribution in [3.63, 3.8) is 0 Å². The second-order valence-electron chi connectivity index (χ2n) is 6.84. The summed E-state index contributed by atoms with van der Waals surface area (Å²) in [7, 11) is 0. The van der Waals surface area contributed by atoms with E-state index in [2.05, 4.69) is 10.3 Å². The molecular formula is C22H15Cl2N3O4. The fourth-order valence-corrected chi connectivity index (χ4v) is 3.58. The number of carboxylic acid groups (broad SMARTS) is 1. The number of aliphatic carboxylic acids is 1. The van der Waals surface area contributed by atoms with Crippen LogP contribution in [0.1, 0.15) is 17.8 Å². The van der Waals surface area contributed by atoms with Crippen LogP contribution < -0.4 is 10.9 Å². The maximum Gasteiger partial charge on any atom is 0.349 e. The minimum atomic E-state index is -1.51. The summed E-state index contributed by atoms with van der Waals surface area (Å²) in [6, 6.07) is 14.4. The van der Waals surface area contributed by atoms with Crippen molar-refractivity contribution in [1.82, 2.24) is 9.55 Å². The Labute approximate surface area is 186 Å². The number of rotatable bonds is 4. The molecule has 156 valence electrons. The van der Waals surface area contributed by atoms with Crippen molar-refractivity contribution >= 4 is 63.3 Å². The van der Waals surface area contributed by atoms with E-state index in [0.29, 0.717) is 35.4 Å². The molecule has 0 fully saturated rings. The number of nitrogens with zero attached hydrogens (tertiary/aromatic N) is 2. The summed E-state index contributed by atoms with van der Waals surface area (Å²) < 4.78 is 1.64. The first kappa shape index (κ1) is 20.8. The quantitative estimate of drug-likeness (QED) is 0.577. The molecule has 1 aliphatic heterocycles. The Bertz CT molecular complexity index is 1340. The van der Waals surface area contributed by atoms with E-state index in [4.69, 9.17) is 28.3 Å². The van der Waals surface area contributed by atoms with Crippen LogP contribution in [-0.2, 0) is 16.1 Å². The van der Waals surface area contributed by atoms with Crippen LogP contribution in [0.15, 0.2) is 63.4 Å². The fourth-order valence-electron chi connectivity index (χ4n) is 3.36. The first-order valence-electron chi connectivity index (χ1n) is 9.25. The van der Waals surface area contributed by atoms with Gasteiger partial charge in [-0.3, -0.25) is 14.2 Å². The third-order valence-electron chi connectivity index (χ3n) is 4.83. The van der Waals surface area contributed by atoms with Gasteiger partial charge in [-0.2, -0.15) is 0 Å². The van der Waals surface area contributed by atoms with Gasteiger partial charge in [-0.15, -0.1) is 0 Å². The van der Waals surface area contributed by atoms with E-state index in [1.807, 2.05) is 36.4 Å². The molecule has 9 heteroatoms. The van der Waals surface area contributed by atoms with E-state index in [-0.39, 0.29) is 5.56 Å². The molecule has 0 atom stereocenters. The molecule has 2 N–H and O–H groups in total. The second kappa shape index (κ2) is 8.37. The number of aromatic nitrogens is 2. The third kappa shape index (κ3) is 4.10. The monoisotopic (exact) mass is 455 g/mol. The third-order valence-corrected chi connectivity index (χ3v) is 5.63. The van der Waals surface area contributed by atoms with Gasteiger partial charge in [-0.1, -0.05) is 53.5 Å². The normalized spacial score (nSPS) is 15.0. The maximum atomic E-state index is 12.9. The lowest BCUT2D eigenvalue weighted by molar-refractivity contribution is -0.132. The van der Waals surface area contributed by atoms with Crippen LogP contribution in [0.3, 0.4) is 0 Å². The highest BCUT2D eigenvalue weighted by Crippen LogP contribution is 2.28. The van der Waals surface area contributed by atoms with Gasteiger partial charge in [0, 0.05) is 12.2 Å². The number of carboxylic acids is 1. The van der Waals surface area contributed by atoms with E-state index in [1.54, 1.807) is 10.6 Å². The van der Waals surface area contributed by atoms with Gasteiger partial charge < -0.3 is 10.4 Å². The predicted octanol–water partition coefficient (Wildman–Crippen LogP) is 4.05. The number of nitrogens with one attached hydrogen (secondary N) is 1. The maximum absolute atomic E-state index is 12.9. The van der Waals surface area contributed by atoms with E-state index in [1.165, 1.54) is 12.1 Å². The molecule has 7 nitrogen and oxygen atoms in total. The molecule has 2 heterocycles. The van der Waals surface area contributed by atoms with Crippen LogP contribution in [0.2, 0.25) is 0 Å². The first-order valence-corrected chi connectivity index (χ1v) is 10.0. The van der Waals surface area contributed by atoms with E-state index >= 15 is 0 Å². The molecule has 0 radical (unpaired) electrons. The summed E-state index contributed by atoms with van der Waals surface area (Å²) in [5.74, 6) is -1.81. The highest BCUT2D eigenvalue weighted by atomic mass is 35.5. The van der Waals surface area contributed by atoms with Crippen LogP contribution in [0.25, 0.3) is 22.6 Å². The van der Waals surface area contributed by atoms with Crippen LogP contribution in [-0.4, -0.2) is 26.5 Å². The molecule has 0 saturated heterocycles. The van der Waals surface area contributed by atoms with Gasteiger partial charge in [-0.05, 0) is 41.8 Å². The number of carbonyl (C=O) groups excluding carboxylic acids is 1. The minimum Gasteiger partial charge on any atom is -0.477 e.